The maximum atomic E-state index is 13.4. The van der Waals surface area contributed by atoms with E-state index in [0.29, 0.717) is 18.7 Å². The molecule has 1 fully saturated rings. The number of aryl methyl sites for hydroxylation is 1. The molecule has 182 valence electrons. The number of nitrogens with zero attached hydrogens (tertiary/aromatic N) is 3. The molecule has 8 heteroatoms. The molecule has 1 saturated heterocycles. The van der Waals surface area contributed by atoms with Crippen molar-refractivity contribution in [1.29, 1.82) is 0 Å². The number of fused-ring (bicyclic) bond motifs is 3. The molecule has 1 aromatic heterocycles. The van der Waals surface area contributed by atoms with Gasteiger partial charge in [-0.2, -0.15) is 13.2 Å². The van der Waals surface area contributed by atoms with Crippen molar-refractivity contribution in [2.45, 2.75) is 32.1 Å². The molecule has 0 saturated carbocycles. The fourth-order valence-electron chi connectivity index (χ4n) is 5.10. The molecule has 0 bridgehead atoms. The highest BCUT2D eigenvalue weighted by atomic mass is 19.4. The first-order valence-corrected chi connectivity index (χ1v) is 11.8. The summed E-state index contributed by atoms with van der Waals surface area (Å²) in [7, 11) is 0. The minimum Gasteiger partial charge on any atom is -0.368 e. The van der Waals surface area contributed by atoms with Crippen molar-refractivity contribution in [2.24, 2.45) is 5.92 Å². The molecule has 1 amide bonds. The van der Waals surface area contributed by atoms with E-state index in [1.165, 1.54) is 11.6 Å². The molecule has 2 aliphatic rings. The number of alkyl halides is 3. The normalized spacial score (nSPS) is 19.7. The number of amides is 1. The van der Waals surface area contributed by atoms with E-state index in [9.17, 15) is 18.0 Å². The Morgan fingerprint density at radius 1 is 1.09 bits per heavy atom. The lowest BCUT2D eigenvalue weighted by atomic mass is 9.82. The van der Waals surface area contributed by atoms with Crippen molar-refractivity contribution in [3.8, 4) is 0 Å². The molecule has 5 rings (SSSR count). The van der Waals surface area contributed by atoms with Gasteiger partial charge in [-0.15, -0.1) is 0 Å². The molecule has 2 aromatic carbocycles. The van der Waals surface area contributed by atoms with Crippen LogP contribution in [0.2, 0.25) is 0 Å². The summed E-state index contributed by atoms with van der Waals surface area (Å²) < 4.78 is 40.2. The zero-order valence-corrected chi connectivity index (χ0v) is 19.4. The van der Waals surface area contributed by atoms with Crippen LogP contribution in [0, 0.1) is 12.8 Å². The van der Waals surface area contributed by atoms with Gasteiger partial charge in [0.1, 0.15) is 0 Å². The summed E-state index contributed by atoms with van der Waals surface area (Å²) in [5.74, 6) is -0.651. The van der Waals surface area contributed by atoms with E-state index in [2.05, 4.69) is 44.4 Å². The number of hydrogen-bond acceptors (Lipinski definition) is 4. The summed E-state index contributed by atoms with van der Waals surface area (Å²) in [4.78, 5) is 22.0. The van der Waals surface area contributed by atoms with Gasteiger partial charge in [-0.25, -0.2) is 0 Å². The van der Waals surface area contributed by atoms with Gasteiger partial charge >= 0.3 is 6.18 Å². The summed E-state index contributed by atoms with van der Waals surface area (Å²) in [5, 5.41) is 2.97. The zero-order chi connectivity index (χ0) is 24.6. The molecular formula is C27H27F3N4O. The summed E-state index contributed by atoms with van der Waals surface area (Å²) in [5.41, 5.74) is 3.67. The van der Waals surface area contributed by atoms with Crippen molar-refractivity contribution in [1.82, 2.24) is 10.3 Å². The Morgan fingerprint density at radius 3 is 2.60 bits per heavy atom. The second-order valence-electron chi connectivity index (χ2n) is 9.23. The molecule has 2 unspecified atom stereocenters. The van der Waals surface area contributed by atoms with E-state index in [4.69, 9.17) is 0 Å². The van der Waals surface area contributed by atoms with E-state index < -0.39 is 17.7 Å². The largest absolute Gasteiger partial charge is 0.416 e. The van der Waals surface area contributed by atoms with Crippen LogP contribution in [0.4, 0.5) is 24.5 Å². The average molecular weight is 481 g/mol. The first kappa shape index (κ1) is 23.2. The molecule has 1 N–H and O–H groups in total. The van der Waals surface area contributed by atoms with Gasteiger partial charge in [0, 0.05) is 37.2 Å². The number of anilines is 2. The molecule has 0 aliphatic carbocycles. The monoisotopic (exact) mass is 480 g/mol. The Hall–Kier alpha value is -3.55. The van der Waals surface area contributed by atoms with Crippen LogP contribution in [-0.4, -0.2) is 36.6 Å². The maximum Gasteiger partial charge on any atom is 0.416 e. The molecular weight excluding hydrogens is 453 g/mol. The van der Waals surface area contributed by atoms with E-state index in [0.717, 1.165) is 29.7 Å². The Labute approximate surface area is 202 Å². The zero-order valence-electron chi connectivity index (χ0n) is 19.4. The van der Waals surface area contributed by atoms with Crippen LogP contribution in [0.5, 0.6) is 0 Å². The Bertz CT molecular complexity index is 1200. The number of nitrogens with one attached hydrogen (secondary N) is 1. The lowest BCUT2D eigenvalue weighted by Crippen LogP contribution is -2.61. The number of rotatable bonds is 4. The topological polar surface area (TPSA) is 48.5 Å². The van der Waals surface area contributed by atoms with Crippen molar-refractivity contribution in [2.75, 3.05) is 29.4 Å². The van der Waals surface area contributed by atoms with Gasteiger partial charge < -0.3 is 15.1 Å². The number of carbonyl (C=O) groups excluding carboxylic acids is 1. The SMILES string of the molecule is Cc1ccc(N2CCN3c4ccc(C(F)(F)F)cc4CC(C(=O)NCc4ccccn4)C3C2)cc1. The molecule has 35 heavy (non-hydrogen) atoms. The van der Waals surface area contributed by atoms with Crippen LogP contribution in [0.3, 0.4) is 0 Å². The van der Waals surface area contributed by atoms with Crippen LogP contribution in [0.15, 0.2) is 66.9 Å². The number of halogens is 3. The van der Waals surface area contributed by atoms with Gasteiger partial charge in [-0.3, -0.25) is 9.78 Å². The van der Waals surface area contributed by atoms with Crippen LogP contribution in [0.1, 0.15) is 22.4 Å². The molecule has 3 aromatic rings. The lowest BCUT2D eigenvalue weighted by molar-refractivity contribution is -0.137. The van der Waals surface area contributed by atoms with Gasteiger partial charge in [-0.1, -0.05) is 23.8 Å². The quantitative estimate of drug-likeness (QED) is 0.594. The number of aromatic nitrogens is 1. The third-order valence-electron chi connectivity index (χ3n) is 6.94. The van der Waals surface area contributed by atoms with Crippen LogP contribution >= 0.6 is 0 Å². The maximum absolute atomic E-state index is 13.4. The van der Waals surface area contributed by atoms with Crippen molar-refractivity contribution < 1.29 is 18.0 Å². The summed E-state index contributed by atoms with van der Waals surface area (Å²) >= 11 is 0. The Balaban J connectivity index is 1.44. The minimum atomic E-state index is -4.42. The predicted octanol–water partition coefficient (Wildman–Crippen LogP) is 4.59. The highest BCUT2D eigenvalue weighted by Crippen LogP contribution is 2.40. The smallest absolute Gasteiger partial charge is 0.368 e. The average Bonchev–Trinajstić information content (AvgIpc) is 2.86. The van der Waals surface area contributed by atoms with Crippen LogP contribution in [0.25, 0.3) is 0 Å². The van der Waals surface area contributed by atoms with Crippen molar-refractivity contribution in [3.63, 3.8) is 0 Å². The molecule has 2 aliphatic heterocycles. The molecule has 2 atom stereocenters. The third kappa shape index (κ3) is 4.83. The fourth-order valence-corrected chi connectivity index (χ4v) is 5.10. The van der Waals surface area contributed by atoms with E-state index in [1.807, 2.05) is 19.1 Å². The van der Waals surface area contributed by atoms with Gasteiger partial charge in [0.2, 0.25) is 5.91 Å². The molecule has 0 spiro atoms. The van der Waals surface area contributed by atoms with Gasteiger partial charge in [0.05, 0.1) is 29.8 Å². The Morgan fingerprint density at radius 2 is 1.89 bits per heavy atom. The molecule has 3 heterocycles. The standard InChI is InChI=1S/C27H27F3N4O/c1-18-5-8-22(9-6-18)33-12-13-34-24-10-7-20(27(28,29)30)14-19(24)15-23(25(34)17-33)26(35)32-16-21-4-2-3-11-31-21/h2-11,14,23,25H,12-13,15-17H2,1H3,(H,32,35). The lowest BCUT2D eigenvalue weighted by Gasteiger charge is -2.49. The third-order valence-corrected chi connectivity index (χ3v) is 6.94. The van der Waals surface area contributed by atoms with E-state index >= 15 is 0 Å². The number of piperazine rings is 1. The number of benzene rings is 2. The second-order valence-corrected chi connectivity index (χ2v) is 9.23. The molecule has 5 nitrogen and oxygen atoms in total. The summed E-state index contributed by atoms with van der Waals surface area (Å²) in [6, 6.07) is 17.5. The van der Waals surface area contributed by atoms with E-state index in [-0.39, 0.29) is 24.9 Å². The summed E-state index contributed by atoms with van der Waals surface area (Å²) in [6.07, 6.45) is -2.50. The summed E-state index contributed by atoms with van der Waals surface area (Å²) in [6.45, 7) is 4.28. The second kappa shape index (κ2) is 9.24. The first-order chi connectivity index (χ1) is 16.8. The highest BCUT2D eigenvalue weighted by Gasteiger charge is 2.42. The first-order valence-electron chi connectivity index (χ1n) is 11.8. The highest BCUT2D eigenvalue weighted by molar-refractivity contribution is 5.82. The van der Waals surface area contributed by atoms with Gasteiger partial charge in [0.25, 0.3) is 0 Å². The van der Waals surface area contributed by atoms with E-state index in [1.54, 1.807) is 18.3 Å². The Kier molecular flexibility index (Phi) is 6.13. The minimum absolute atomic E-state index is 0.155. The van der Waals surface area contributed by atoms with Crippen molar-refractivity contribution in [3.05, 3.63) is 89.2 Å². The number of carbonyl (C=O) groups is 1. The van der Waals surface area contributed by atoms with Gasteiger partial charge in [-0.05, 0) is 61.4 Å². The number of pyridine rings is 1. The van der Waals surface area contributed by atoms with Crippen LogP contribution < -0.4 is 15.1 Å². The predicted molar refractivity (Wildman–Crippen MR) is 129 cm³/mol. The fraction of sp³-hybridized carbons (Fsp3) is 0.333. The van der Waals surface area contributed by atoms with Crippen LogP contribution in [-0.2, 0) is 23.9 Å². The number of hydrogen-bond donors (Lipinski definition) is 1. The molecule has 0 radical (unpaired) electrons. The van der Waals surface area contributed by atoms with Crippen molar-refractivity contribution >= 4 is 17.3 Å². The van der Waals surface area contributed by atoms with Gasteiger partial charge in [0.15, 0.2) is 0 Å².